The molecule has 7 nitrogen and oxygen atoms in total. The van der Waals surface area contributed by atoms with Gasteiger partial charge in [0.15, 0.2) is 0 Å². The number of aromatic nitrogens is 2. The molecule has 1 amide bonds. The summed E-state index contributed by atoms with van der Waals surface area (Å²) in [4.78, 5) is 23.3. The van der Waals surface area contributed by atoms with Gasteiger partial charge >= 0.3 is 0 Å². The average Bonchev–Trinajstić information content (AvgIpc) is 2.89. The Hall–Kier alpha value is -4.04. The Morgan fingerprint density at radius 2 is 1.46 bits per heavy atom. The smallest absolute Gasteiger partial charge is 0.261 e. The van der Waals surface area contributed by atoms with Crippen molar-refractivity contribution in [2.24, 2.45) is 0 Å². The van der Waals surface area contributed by atoms with E-state index in [1.165, 1.54) is 30.1 Å². The summed E-state index contributed by atoms with van der Waals surface area (Å²) in [5, 5.41) is 0. The van der Waals surface area contributed by atoms with Crippen LogP contribution in [0.2, 0.25) is 0 Å². The number of pyridine rings is 2. The fraction of sp³-hybridized carbons (Fsp3) is 0.148. The molecule has 0 fully saturated rings. The molecule has 1 N–H and O–H groups in total. The minimum absolute atomic E-state index is 0.0693. The first kappa shape index (κ1) is 24.1. The lowest BCUT2D eigenvalue weighted by Crippen LogP contribution is -2.30. The first-order chi connectivity index (χ1) is 16.9. The molecule has 4 rings (SSSR count). The second-order valence-corrected chi connectivity index (χ2v) is 9.74. The first-order valence-electron chi connectivity index (χ1n) is 11.2. The molecule has 8 heteroatoms. The van der Waals surface area contributed by atoms with Crippen LogP contribution in [0.5, 0.6) is 0 Å². The molecule has 35 heavy (non-hydrogen) atoms. The van der Waals surface area contributed by atoms with Crippen molar-refractivity contribution in [1.82, 2.24) is 14.9 Å². The van der Waals surface area contributed by atoms with Crippen molar-refractivity contribution in [2.45, 2.75) is 31.3 Å². The highest BCUT2D eigenvalue weighted by Crippen LogP contribution is 2.19. The molecule has 0 unspecified atom stereocenters. The van der Waals surface area contributed by atoms with Crippen LogP contribution in [0.25, 0.3) is 0 Å². The van der Waals surface area contributed by atoms with Crippen LogP contribution in [-0.4, -0.2) is 29.2 Å². The fourth-order valence-electron chi connectivity index (χ4n) is 3.61. The molecule has 0 atom stereocenters. The number of aryl methyl sites for hydroxylation is 1. The molecule has 4 aromatic rings. The topological polar surface area (TPSA) is 92.3 Å². The second-order valence-electron chi connectivity index (χ2n) is 8.06. The third-order valence-corrected chi connectivity index (χ3v) is 6.93. The quantitative estimate of drug-likeness (QED) is 0.371. The Morgan fingerprint density at radius 3 is 2.09 bits per heavy atom. The Kier molecular flexibility index (Phi) is 7.52. The van der Waals surface area contributed by atoms with Gasteiger partial charge in [-0.2, -0.15) is 0 Å². The van der Waals surface area contributed by atoms with Crippen LogP contribution in [-0.2, 0) is 29.5 Å². The number of amides is 1. The number of sulfonamides is 1. The third kappa shape index (κ3) is 6.30. The number of carbonyl (C=O) groups is 1. The molecule has 2 heterocycles. The zero-order valence-electron chi connectivity index (χ0n) is 19.3. The number of benzene rings is 2. The summed E-state index contributed by atoms with van der Waals surface area (Å²) in [6.07, 6.45) is 7.39. The van der Waals surface area contributed by atoms with Crippen LogP contribution in [0.15, 0.2) is 102 Å². The van der Waals surface area contributed by atoms with E-state index in [2.05, 4.69) is 33.7 Å². The highest BCUT2D eigenvalue weighted by atomic mass is 32.2. The predicted octanol–water partition coefficient (Wildman–Crippen LogP) is 4.68. The van der Waals surface area contributed by atoms with Crippen LogP contribution in [0.4, 0.5) is 5.69 Å². The third-order valence-electron chi connectivity index (χ3n) is 5.53. The van der Waals surface area contributed by atoms with E-state index in [1.54, 1.807) is 41.6 Å². The van der Waals surface area contributed by atoms with E-state index in [0.717, 1.165) is 17.5 Å². The highest BCUT2D eigenvalue weighted by molar-refractivity contribution is 7.92. The molecule has 2 aromatic carbocycles. The van der Waals surface area contributed by atoms with E-state index in [-0.39, 0.29) is 10.8 Å². The largest absolute Gasteiger partial charge is 0.330 e. The number of hydrogen-bond donors (Lipinski definition) is 1. The maximum atomic E-state index is 13.5. The van der Waals surface area contributed by atoms with Crippen molar-refractivity contribution in [3.8, 4) is 0 Å². The van der Waals surface area contributed by atoms with E-state index in [9.17, 15) is 13.2 Å². The van der Waals surface area contributed by atoms with E-state index in [1.807, 2.05) is 24.3 Å². The lowest BCUT2D eigenvalue weighted by atomic mass is 10.1. The van der Waals surface area contributed by atoms with Gasteiger partial charge in [0, 0.05) is 43.4 Å². The van der Waals surface area contributed by atoms with Crippen LogP contribution < -0.4 is 4.72 Å². The second kappa shape index (κ2) is 10.9. The zero-order chi connectivity index (χ0) is 24.7. The Labute approximate surface area is 205 Å². The van der Waals surface area contributed by atoms with Gasteiger partial charge in [-0.25, -0.2) is 8.42 Å². The number of nitrogens with one attached hydrogen (secondary N) is 1. The lowest BCUT2D eigenvalue weighted by Gasteiger charge is -2.23. The van der Waals surface area contributed by atoms with Crippen molar-refractivity contribution in [3.63, 3.8) is 0 Å². The minimum Gasteiger partial charge on any atom is -0.330 e. The minimum atomic E-state index is -3.79. The predicted molar refractivity (Wildman–Crippen MR) is 135 cm³/mol. The van der Waals surface area contributed by atoms with Gasteiger partial charge in [0.1, 0.15) is 0 Å². The first-order valence-corrected chi connectivity index (χ1v) is 12.7. The van der Waals surface area contributed by atoms with Crippen molar-refractivity contribution >= 4 is 21.6 Å². The van der Waals surface area contributed by atoms with E-state index >= 15 is 0 Å². The van der Waals surface area contributed by atoms with Gasteiger partial charge < -0.3 is 4.90 Å². The molecule has 0 saturated carbocycles. The standard InChI is InChI=1S/C27H26N4O3S/c1-2-21-5-7-22(8-6-21)19-31(20-23-4-3-15-29-18-23)27(32)24-9-11-26(12-10-24)35(33,34)30-25-13-16-28-17-14-25/h3-18H,2,19-20H2,1H3,(H,28,30). The maximum Gasteiger partial charge on any atom is 0.261 e. The molecule has 2 aromatic heterocycles. The summed E-state index contributed by atoms with van der Waals surface area (Å²) in [5.41, 5.74) is 3.97. The normalized spacial score (nSPS) is 11.1. The highest BCUT2D eigenvalue weighted by Gasteiger charge is 2.19. The van der Waals surface area contributed by atoms with Gasteiger partial charge in [0.25, 0.3) is 15.9 Å². The van der Waals surface area contributed by atoms with Gasteiger partial charge in [-0.1, -0.05) is 37.3 Å². The molecular weight excluding hydrogens is 460 g/mol. The molecule has 0 saturated heterocycles. The van der Waals surface area contributed by atoms with Gasteiger partial charge in [-0.05, 0) is 65.6 Å². The molecule has 0 bridgehead atoms. The van der Waals surface area contributed by atoms with Gasteiger partial charge in [-0.3, -0.25) is 19.5 Å². The lowest BCUT2D eigenvalue weighted by molar-refractivity contribution is 0.0729. The van der Waals surface area contributed by atoms with Crippen LogP contribution in [0.3, 0.4) is 0 Å². The number of anilines is 1. The van der Waals surface area contributed by atoms with Crippen LogP contribution >= 0.6 is 0 Å². The van der Waals surface area contributed by atoms with Crippen molar-refractivity contribution in [1.29, 1.82) is 0 Å². The Morgan fingerprint density at radius 1 is 0.800 bits per heavy atom. The van der Waals surface area contributed by atoms with E-state index in [0.29, 0.717) is 24.3 Å². The summed E-state index contributed by atoms with van der Waals surface area (Å²) < 4.78 is 27.9. The number of hydrogen-bond acceptors (Lipinski definition) is 5. The van der Waals surface area contributed by atoms with Crippen molar-refractivity contribution in [3.05, 3.63) is 120 Å². The molecule has 0 aliphatic heterocycles. The molecule has 0 radical (unpaired) electrons. The number of nitrogens with zero attached hydrogens (tertiary/aromatic N) is 3. The van der Waals surface area contributed by atoms with E-state index in [4.69, 9.17) is 0 Å². The number of carbonyl (C=O) groups excluding carboxylic acids is 1. The summed E-state index contributed by atoms with van der Waals surface area (Å²) in [6, 6.07) is 21.1. The SMILES string of the molecule is CCc1ccc(CN(Cc2cccnc2)C(=O)c2ccc(S(=O)(=O)Nc3ccncc3)cc2)cc1. The molecule has 0 spiro atoms. The van der Waals surface area contributed by atoms with Crippen molar-refractivity contribution in [2.75, 3.05) is 4.72 Å². The van der Waals surface area contributed by atoms with Gasteiger partial charge in [0.05, 0.1) is 10.6 Å². The summed E-state index contributed by atoms with van der Waals surface area (Å²) in [5.74, 6) is -0.195. The zero-order valence-corrected chi connectivity index (χ0v) is 20.2. The van der Waals surface area contributed by atoms with Crippen LogP contribution in [0, 0.1) is 0 Å². The molecule has 0 aliphatic carbocycles. The van der Waals surface area contributed by atoms with E-state index < -0.39 is 10.0 Å². The summed E-state index contributed by atoms with van der Waals surface area (Å²) >= 11 is 0. The monoisotopic (exact) mass is 486 g/mol. The molecule has 0 aliphatic rings. The fourth-order valence-corrected chi connectivity index (χ4v) is 4.66. The molecular formula is C27H26N4O3S. The maximum absolute atomic E-state index is 13.5. The van der Waals surface area contributed by atoms with Crippen molar-refractivity contribution < 1.29 is 13.2 Å². The Balaban J connectivity index is 1.55. The van der Waals surface area contributed by atoms with Gasteiger partial charge in [-0.15, -0.1) is 0 Å². The number of rotatable bonds is 9. The Bertz CT molecular complexity index is 1360. The average molecular weight is 487 g/mol. The van der Waals surface area contributed by atoms with Crippen LogP contribution in [0.1, 0.15) is 34.0 Å². The summed E-state index contributed by atoms with van der Waals surface area (Å²) in [6.45, 7) is 2.90. The molecule has 178 valence electrons. The van der Waals surface area contributed by atoms with Gasteiger partial charge in [0.2, 0.25) is 0 Å². The summed E-state index contributed by atoms with van der Waals surface area (Å²) in [7, 11) is -3.79.